The SMILES string of the molecule is CCC(=NOCc1c(Br)cccc1-n1nnn(C)c1=O)c1cccc(C(F)(F)F)c1. The summed E-state index contributed by atoms with van der Waals surface area (Å²) in [5.74, 6) is 0. The van der Waals surface area contributed by atoms with Gasteiger partial charge in [0.25, 0.3) is 0 Å². The van der Waals surface area contributed by atoms with E-state index < -0.39 is 17.4 Å². The fourth-order valence-electron chi connectivity index (χ4n) is 2.72. The van der Waals surface area contributed by atoms with Crippen LogP contribution in [0.4, 0.5) is 13.2 Å². The summed E-state index contributed by atoms with van der Waals surface area (Å²) >= 11 is 3.41. The van der Waals surface area contributed by atoms with Crippen LogP contribution in [0.15, 0.2) is 56.9 Å². The van der Waals surface area contributed by atoms with Gasteiger partial charge in [0.2, 0.25) is 0 Å². The summed E-state index contributed by atoms with van der Waals surface area (Å²) in [7, 11) is 1.48. The largest absolute Gasteiger partial charge is 0.416 e. The van der Waals surface area contributed by atoms with Crippen molar-refractivity contribution in [2.75, 3.05) is 0 Å². The molecule has 1 heterocycles. The number of aryl methyl sites for hydroxylation is 1. The van der Waals surface area contributed by atoms with Crippen molar-refractivity contribution in [3.05, 3.63) is 74.1 Å². The van der Waals surface area contributed by atoms with Crippen LogP contribution in [0.5, 0.6) is 0 Å². The van der Waals surface area contributed by atoms with Gasteiger partial charge in [-0.3, -0.25) is 0 Å². The Bertz CT molecular complexity index is 1140. The lowest BCUT2D eigenvalue weighted by Gasteiger charge is -2.11. The van der Waals surface area contributed by atoms with Gasteiger partial charge in [-0.05, 0) is 46.7 Å². The van der Waals surface area contributed by atoms with Gasteiger partial charge in [0.15, 0.2) is 0 Å². The number of hydrogen-bond donors (Lipinski definition) is 0. The Morgan fingerprint density at radius 2 is 1.93 bits per heavy atom. The Hall–Kier alpha value is -2.95. The standard InChI is InChI=1S/C19H17BrF3N5O2/c1-3-16(12-6-4-7-13(10-12)19(21,22)23)24-30-11-14-15(20)8-5-9-17(14)28-18(29)27(2)25-26-28/h4-10H,3,11H2,1-2H3. The lowest BCUT2D eigenvalue weighted by molar-refractivity contribution is -0.137. The number of benzene rings is 2. The Kier molecular flexibility index (Phi) is 6.40. The quantitative estimate of drug-likeness (QED) is 0.391. The van der Waals surface area contributed by atoms with E-state index in [9.17, 15) is 18.0 Å². The molecule has 0 N–H and O–H groups in total. The van der Waals surface area contributed by atoms with Gasteiger partial charge in [-0.25, -0.2) is 4.79 Å². The zero-order chi connectivity index (χ0) is 21.9. The van der Waals surface area contributed by atoms with Crippen LogP contribution < -0.4 is 5.69 Å². The van der Waals surface area contributed by atoms with Crippen LogP contribution in [-0.4, -0.2) is 25.5 Å². The monoisotopic (exact) mass is 483 g/mol. The van der Waals surface area contributed by atoms with E-state index in [4.69, 9.17) is 4.84 Å². The van der Waals surface area contributed by atoms with E-state index in [-0.39, 0.29) is 6.61 Å². The smallest absolute Gasteiger partial charge is 0.391 e. The Labute approximate surface area is 177 Å². The first-order chi connectivity index (χ1) is 14.2. The minimum absolute atomic E-state index is 0.0395. The molecule has 0 aliphatic carbocycles. The number of oxime groups is 1. The van der Waals surface area contributed by atoms with E-state index in [1.165, 1.54) is 13.1 Å². The average molecular weight is 484 g/mol. The third-order valence-corrected chi connectivity index (χ3v) is 5.03. The van der Waals surface area contributed by atoms with Crippen LogP contribution in [0, 0.1) is 0 Å². The third kappa shape index (κ3) is 4.61. The summed E-state index contributed by atoms with van der Waals surface area (Å²) in [4.78, 5) is 17.6. The summed E-state index contributed by atoms with van der Waals surface area (Å²) in [6.45, 7) is 1.73. The molecule has 30 heavy (non-hydrogen) atoms. The molecule has 11 heteroatoms. The molecule has 0 amide bonds. The molecule has 0 aliphatic heterocycles. The minimum atomic E-state index is -4.44. The maximum atomic E-state index is 13.0. The zero-order valence-electron chi connectivity index (χ0n) is 16.0. The molecule has 0 spiro atoms. The van der Waals surface area contributed by atoms with E-state index in [1.807, 2.05) is 0 Å². The minimum Gasteiger partial charge on any atom is -0.391 e. The Morgan fingerprint density at radius 1 is 1.20 bits per heavy atom. The van der Waals surface area contributed by atoms with Gasteiger partial charge in [-0.2, -0.15) is 22.5 Å². The predicted molar refractivity (Wildman–Crippen MR) is 107 cm³/mol. The Balaban J connectivity index is 1.88. The van der Waals surface area contributed by atoms with Crippen molar-refractivity contribution in [1.82, 2.24) is 19.8 Å². The molecule has 0 saturated carbocycles. The highest BCUT2D eigenvalue weighted by atomic mass is 79.9. The van der Waals surface area contributed by atoms with Gasteiger partial charge in [0.1, 0.15) is 6.61 Å². The number of alkyl halides is 3. The molecule has 0 saturated heterocycles. The van der Waals surface area contributed by atoms with Gasteiger partial charge in [0, 0.05) is 17.1 Å². The van der Waals surface area contributed by atoms with Crippen molar-refractivity contribution >= 4 is 21.6 Å². The maximum Gasteiger partial charge on any atom is 0.416 e. The topological polar surface area (TPSA) is 74.3 Å². The number of nitrogens with zero attached hydrogens (tertiary/aromatic N) is 5. The van der Waals surface area contributed by atoms with Crippen LogP contribution in [0.1, 0.15) is 30.0 Å². The number of tetrazole rings is 1. The van der Waals surface area contributed by atoms with Crippen molar-refractivity contribution in [2.24, 2.45) is 12.2 Å². The van der Waals surface area contributed by atoms with Crippen molar-refractivity contribution < 1.29 is 18.0 Å². The second-order valence-corrected chi connectivity index (χ2v) is 7.13. The first-order valence-electron chi connectivity index (χ1n) is 8.85. The summed E-state index contributed by atoms with van der Waals surface area (Å²) in [6.07, 6.45) is -4.07. The summed E-state index contributed by atoms with van der Waals surface area (Å²) in [6, 6.07) is 10.1. The summed E-state index contributed by atoms with van der Waals surface area (Å²) in [5.41, 5.74) is 0.543. The molecule has 0 bridgehead atoms. The van der Waals surface area contributed by atoms with Crippen LogP contribution in [0.2, 0.25) is 0 Å². The molecule has 0 unspecified atom stereocenters. The summed E-state index contributed by atoms with van der Waals surface area (Å²) < 4.78 is 41.8. The highest BCUT2D eigenvalue weighted by molar-refractivity contribution is 9.10. The van der Waals surface area contributed by atoms with E-state index in [0.29, 0.717) is 33.4 Å². The van der Waals surface area contributed by atoms with Crippen molar-refractivity contribution in [2.45, 2.75) is 26.1 Å². The number of rotatable bonds is 6. The van der Waals surface area contributed by atoms with Crippen LogP contribution >= 0.6 is 15.9 Å². The molecular formula is C19H17BrF3N5O2. The zero-order valence-corrected chi connectivity index (χ0v) is 17.6. The fraction of sp³-hybridized carbons (Fsp3) is 0.263. The van der Waals surface area contributed by atoms with Gasteiger partial charge in [0.05, 0.1) is 17.0 Å². The number of hydrogen-bond acceptors (Lipinski definition) is 5. The highest BCUT2D eigenvalue weighted by Crippen LogP contribution is 2.30. The van der Waals surface area contributed by atoms with E-state index in [2.05, 4.69) is 31.5 Å². The molecule has 7 nitrogen and oxygen atoms in total. The second kappa shape index (κ2) is 8.82. The lowest BCUT2D eigenvalue weighted by atomic mass is 10.0. The number of aromatic nitrogens is 4. The van der Waals surface area contributed by atoms with Gasteiger partial charge >= 0.3 is 11.9 Å². The van der Waals surface area contributed by atoms with E-state index >= 15 is 0 Å². The van der Waals surface area contributed by atoms with Gasteiger partial charge in [-0.1, -0.05) is 46.2 Å². The summed E-state index contributed by atoms with van der Waals surface area (Å²) in [5, 5.41) is 11.6. The molecule has 158 valence electrons. The maximum absolute atomic E-state index is 13.0. The van der Waals surface area contributed by atoms with Crippen LogP contribution in [-0.2, 0) is 24.7 Å². The third-order valence-electron chi connectivity index (χ3n) is 4.29. The van der Waals surface area contributed by atoms with Crippen LogP contribution in [0.3, 0.4) is 0 Å². The first-order valence-corrected chi connectivity index (χ1v) is 9.65. The molecule has 1 aromatic heterocycles. The molecular weight excluding hydrogens is 467 g/mol. The molecule has 0 aliphatic rings. The van der Waals surface area contributed by atoms with E-state index in [1.54, 1.807) is 31.2 Å². The first kappa shape index (κ1) is 21.8. The Morgan fingerprint density at radius 3 is 2.57 bits per heavy atom. The number of halogens is 4. The van der Waals surface area contributed by atoms with Crippen molar-refractivity contribution in [3.63, 3.8) is 0 Å². The van der Waals surface area contributed by atoms with Gasteiger partial charge in [-0.15, -0.1) is 0 Å². The van der Waals surface area contributed by atoms with Gasteiger partial charge < -0.3 is 4.84 Å². The molecule has 0 atom stereocenters. The van der Waals surface area contributed by atoms with Crippen LogP contribution in [0.25, 0.3) is 5.69 Å². The highest BCUT2D eigenvalue weighted by Gasteiger charge is 2.30. The van der Waals surface area contributed by atoms with E-state index in [0.717, 1.165) is 21.5 Å². The average Bonchev–Trinajstić information content (AvgIpc) is 3.04. The molecule has 0 fully saturated rings. The fourth-order valence-corrected chi connectivity index (χ4v) is 3.19. The predicted octanol–water partition coefficient (Wildman–Crippen LogP) is 4.08. The molecule has 2 aromatic carbocycles. The molecule has 0 radical (unpaired) electrons. The second-order valence-electron chi connectivity index (χ2n) is 6.28. The normalized spacial score (nSPS) is 12.3. The van der Waals surface area contributed by atoms with Crippen molar-refractivity contribution in [3.8, 4) is 5.69 Å². The molecule has 3 rings (SSSR count). The molecule has 3 aromatic rings. The van der Waals surface area contributed by atoms with Crippen molar-refractivity contribution in [1.29, 1.82) is 0 Å². The lowest BCUT2D eigenvalue weighted by Crippen LogP contribution is -2.23.